The highest BCUT2D eigenvalue weighted by Crippen LogP contribution is 2.31. The first kappa shape index (κ1) is 19.9. The van der Waals surface area contributed by atoms with E-state index in [1.54, 1.807) is 18.2 Å². The fourth-order valence-electron chi connectivity index (χ4n) is 2.58. The van der Waals surface area contributed by atoms with Crippen molar-refractivity contribution < 1.29 is 9.18 Å². The van der Waals surface area contributed by atoms with Gasteiger partial charge in [0.05, 0.1) is 16.3 Å². The Morgan fingerprint density at radius 1 is 1.21 bits per heavy atom. The molecule has 0 saturated heterocycles. The molecule has 0 saturated carbocycles. The first-order valence-corrected chi connectivity index (χ1v) is 9.75. The number of rotatable bonds is 5. The Kier molecular flexibility index (Phi) is 6.01. The molecule has 1 amide bonds. The van der Waals surface area contributed by atoms with Gasteiger partial charge in [0.1, 0.15) is 11.6 Å². The Morgan fingerprint density at radius 3 is 2.71 bits per heavy atom. The molecule has 0 spiro atoms. The molecule has 9 heteroatoms. The maximum absolute atomic E-state index is 14.3. The molecule has 0 aliphatic carbocycles. The first-order valence-electron chi connectivity index (χ1n) is 8.15. The van der Waals surface area contributed by atoms with Gasteiger partial charge in [-0.15, -0.1) is 11.8 Å². The number of benzene rings is 1. The summed E-state index contributed by atoms with van der Waals surface area (Å²) >= 11 is 7.30. The Bertz CT molecular complexity index is 1100. The lowest BCUT2D eigenvalue weighted by Crippen LogP contribution is -2.12. The Labute approximate surface area is 169 Å². The van der Waals surface area contributed by atoms with Crippen molar-refractivity contribution in [3.8, 4) is 11.1 Å². The zero-order valence-electron chi connectivity index (χ0n) is 15.0. The van der Waals surface area contributed by atoms with E-state index >= 15 is 0 Å². The highest BCUT2D eigenvalue weighted by atomic mass is 35.5. The van der Waals surface area contributed by atoms with Gasteiger partial charge < -0.3 is 15.6 Å². The Morgan fingerprint density at radius 2 is 2.00 bits per heavy atom. The number of nitrogens with one attached hydrogen (secondary N) is 3. The quantitative estimate of drug-likeness (QED) is 0.525. The molecule has 28 heavy (non-hydrogen) atoms. The third kappa shape index (κ3) is 4.52. The number of nitrogens with zero attached hydrogens (tertiary/aromatic N) is 1. The number of aromatic nitrogens is 2. The third-order valence-electron chi connectivity index (χ3n) is 3.77. The van der Waals surface area contributed by atoms with Gasteiger partial charge in [-0.1, -0.05) is 11.6 Å². The van der Waals surface area contributed by atoms with Crippen LogP contribution in [0.5, 0.6) is 0 Å². The van der Waals surface area contributed by atoms with E-state index in [9.17, 15) is 14.0 Å². The lowest BCUT2D eigenvalue weighted by atomic mass is 10.1. The average molecular weight is 419 g/mol. The minimum atomic E-state index is -0.547. The standard InChI is InChI=1S/C19H16ClFN4O2S/c1-10(26)23-17-8-12(5-6-22-17)24-16-9-14(18(27)25-19(16)28-2)13-7-11(20)3-4-15(13)21/h3-9H,1-2H3,(H,25,27)(H2,22,23,24,26). The number of halogens is 2. The summed E-state index contributed by atoms with van der Waals surface area (Å²) in [5.74, 6) is -0.402. The molecule has 0 atom stereocenters. The van der Waals surface area contributed by atoms with Crippen LogP contribution >= 0.6 is 23.4 Å². The molecule has 2 heterocycles. The summed E-state index contributed by atoms with van der Waals surface area (Å²) in [7, 11) is 0. The highest BCUT2D eigenvalue weighted by Gasteiger charge is 2.14. The number of carbonyl (C=O) groups excluding carboxylic acids is 1. The summed E-state index contributed by atoms with van der Waals surface area (Å²) in [4.78, 5) is 30.5. The zero-order valence-corrected chi connectivity index (χ0v) is 16.5. The van der Waals surface area contributed by atoms with Gasteiger partial charge >= 0.3 is 0 Å². The molecule has 1 aromatic carbocycles. The van der Waals surface area contributed by atoms with Crippen LogP contribution in [0.1, 0.15) is 6.92 Å². The van der Waals surface area contributed by atoms with E-state index in [0.29, 0.717) is 27.2 Å². The Hall–Kier alpha value is -2.84. The van der Waals surface area contributed by atoms with Crippen LogP contribution in [0.25, 0.3) is 11.1 Å². The van der Waals surface area contributed by atoms with Gasteiger partial charge in [-0.2, -0.15) is 0 Å². The van der Waals surface area contributed by atoms with Crippen molar-refractivity contribution in [2.45, 2.75) is 11.9 Å². The molecule has 0 fully saturated rings. The lowest BCUT2D eigenvalue weighted by molar-refractivity contribution is -0.114. The average Bonchev–Trinajstić information content (AvgIpc) is 2.64. The van der Waals surface area contributed by atoms with Gasteiger partial charge in [0.25, 0.3) is 5.56 Å². The second kappa shape index (κ2) is 8.45. The van der Waals surface area contributed by atoms with Crippen LogP contribution < -0.4 is 16.2 Å². The number of H-pyrrole nitrogens is 1. The van der Waals surface area contributed by atoms with Crippen LogP contribution in [0.15, 0.2) is 52.4 Å². The fraction of sp³-hybridized carbons (Fsp3) is 0.105. The maximum Gasteiger partial charge on any atom is 0.256 e. The van der Waals surface area contributed by atoms with Gasteiger partial charge in [-0.25, -0.2) is 9.37 Å². The molecule has 0 bridgehead atoms. The van der Waals surface area contributed by atoms with Crippen molar-refractivity contribution in [2.75, 3.05) is 16.9 Å². The number of thioether (sulfide) groups is 1. The number of amides is 1. The predicted molar refractivity (Wildman–Crippen MR) is 111 cm³/mol. The number of pyridine rings is 2. The minimum absolute atomic E-state index is 0.109. The van der Waals surface area contributed by atoms with Crippen LogP contribution in [-0.4, -0.2) is 22.1 Å². The summed E-state index contributed by atoms with van der Waals surface area (Å²) in [6.07, 6.45) is 3.35. The molecule has 144 valence electrons. The molecule has 6 nitrogen and oxygen atoms in total. The molecular weight excluding hydrogens is 403 g/mol. The first-order chi connectivity index (χ1) is 13.4. The summed E-state index contributed by atoms with van der Waals surface area (Å²) in [5, 5.41) is 6.68. The molecule has 0 radical (unpaired) electrons. The van der Waals surface area contributed by atoms with Crippen LogP contribution in [0, 0.1) is 5.82 Å². The zero-order chi connectivity index (χ0) is 20.3. The van der Waals surface area contributed by atoms with Gasteiger partial charge in [-0.05, 0) is 36.6 Å². The van der Waals surface area contributed by atoms with Crippen molar-refractivity contribution >= 4 is 46.5 Å². The second-order valence-corrected chi connectivity index (χ2v) is 7.07. The van der Waals surface area contributed by atoms with E-state index in [1.807, 2.05) is 6.26 Å². The van der Waals surface area contributed by atoms with Crippen LogP contribution in [0.4, 0.5) is 21.6 Å². The van der Waals surface area contributed by atoms with E-state index in [-0.39, 0.29) is 17.0 Å². The second-order valence-electron chi connectivity index (χ2n) is 5.82. The maximum atomic E-state index is 14.3. The monoisotopic (exact) mass is 418 g/mol. The highest BCUT2D eigenvalue weighted by molar-refractivity contribution is 7.98. The van der Waals surface area contributed by atoms with Crippen molar-refractivity contribution in [3.63, 3.8) is 0 Å². The van der Waals surface area contributed by atoms with Crippen molar-refractivity contribution in [2.24, 2.45) is 0 Å². The SMILES string of the molecule is CSc1[nH]c(=O)c(-c2cc(Cl)ccc2F)cc1Nc1ccnc(NC(C)=O)c1. The van der Waals surface area contributed by atoms with E-state index in [0.717, 1.165) is 0 Å². The van der Waals surface area contributed by atoms with E-state index in [2.05, 4.69) is 20.6 Å². The third-order valence-corrected chi connectivity index (χ3v) is 4.74. The van der Waals surface area contributed by atoms with Crippen molar-refractivity contribution in [1.82, 2.24) is 9.97 Å². The van der Waals surface area contributed by atoms with Crippen molar-refractivity contribution in [1.29, 1.82) is 0 Å². The van der Waals surface area contributed by atoms with E-state index < -0.39 is 11.4 Å². The van der Waals surface area contributed by atoms with Gasteiger partial charge in [-0.3, -0.25) is 9.59 Å². The predicted octanol–water partition coefficient (Wildman–Crippen LogP) is 4.65. The van der Waals surface area contributed by atoms with Crippen LogP contribution in [-0.2, 0) is 4.79 Å². The fourth-order valence-corrected chi connectivity index (χ4v) is 3.28. The largest absolute Gasteiger partial charge is 0.353 e. The lowest BCUT2D eigenvalue weighted by Gasteiger charge is -2.13. The molecule has 3 rings (SSSR count). The summed E-state index contributed by atoms with van der Waals surface area (Å²) in [5.41, 5.74) is 1.04. The van der Waals surface area contributed by atoms with E-state index in [4.69, 9.17) is 11.6 Å². The van der Waals surface area contributed by atoms with Gasteiger partial charge in [0.2, 0.25) is 5.91 Å². The number of hydrogen-bond acceptors (Lipinski definition) is 5. The van der Waals surface area contributed by atoms with E-state index in [1.165, 1.54) is 43.1 Å². The summed E-state index contributed by atoms with van der Waals surface area (Å²) in [6.45, 7) is 1.39. The normalized spacial score (nSPS) is 10.6. The number of aromatic amines is 1. The summed E-state index contributed by atoms with van der Waals surface area (Å²) in [6, 6.07) is 8.97. The number of anilines is 3. The number of carbonyl (C=O) groups is 1. The summed E-state index contributed by atoms with van der Waals surface area (Å²) < 4.78 is 14.3. The molecular formula is C19H16ClFN4O2S. The molecule has 0 unspecified atom stereocenters. The number of hydrogen-bond donors (Lipinski definition) is 3. The van der Waals surface area contributed by atoms with Gasteiger partial charge in [0.15, 0.2) is 0 Å². The molecule has 3 N–H and O–H groups in total. The smallest absolute Gasteiger partial charge is 0.256 e. The molecule has 0 aliphatic rings. The topological polar surface area (TPSA) is 86.9 Å². The minimum Gasteiger partial charge on any atom is -0.353 e. The Balaban J connectivity index is 2.05. The van der Waals surface area contributed by atoms with Crippen molar-refractivity contribution in [3.05, 3.63) is 63.8 Å². The van der Waals surface area contributed by atoms with Crippen LogP contribution in [0.3, 0.4) is 0 Å². The molecule has 2 aromatic heterocycles. The van der Waals surface area contributed by atoms with Crippen LogP contribution in [0.2, 0.25) is 5.02 Å². The van der Waals surface area contributed by atoms with Gasteiger partial charge in [0, 0.05) is 35.5 Å². The molecule has 0 aliphatic heterocycles. The molecule has 3 aromatic rings.